The van der Waals surface area contributed by atoms with Crippen molar-refractivity contribution in [2.24, 2.45) is 0 Å². The van der Waals surface area contributed by atoms with Crippen molar-refractivity contribution in [3.8, 4) is 11.5 Å². The maximum Gasteiger partial charge on any atom is 0.387 e. The van der Waals surface area contributed by atoms with Gasteiger partial charge >= 0.3 is 6.61 Å². The van der Waals surface area contributed by atoms with Crippen molar-refractivity contribution in [3.63, 3.8) is 0 Å². The van der Waals surface area contributed by atoms with E-state index in [0.29, 0.717) is 25.1 Å². The fourth-order valence-electron chi connectivity index (χ4n) is 2.58. The van der Waals surface area contributed by atoms with Crippen molar-refractivity contribution in [3.05, 3.63) is 65.7 Å². The molecular formula is C22H25F2NO4. The molecule has 1 unspecified atom stereocenters. The van der Waals surface area contributed by atoms with Crippen molar-refractivity contribution >= 4 is 12.0 Å². The van der Waals surface area contributed by atoms with Crippen molar-refractivity contribution in [1.29, 1.82) is 0 Å². The Kier molecular flexibility index (Phi) is 9.11. The van der Waals surface area contributed by atoms with Gasteiger partial charge in [-0.3, -0.25) is 4.79 Å². The molecular weight excluding hydrogens is 380 g/mol. The van der Waals surface area contributed by atoms with Gasteiger partial charge in [0.1, 0.15) is 0 Å². The summed E-state index contributed by atoms with van der Waals surface area (Å²) >= 11 is 0. The van der Waals surface area contributed by atoms with Crippen molar-refractivity contribution in [1.82, 2.24) is 5.32 Å². The summed E-state index contributed by atoms with van der Waals surface area (Å²) in [7, 11) is 1.36. The Balaban J connectivity index is 1.72. The quantitative estimate of drug-likeness (QED) is 0.439. The normalized spacial score (nSPS) is 12.2. The first kappa shape index (κ1) is 22.4. The van der Waals surface area contributed by atoms with Gasteiger partial charge in [-0.25, -0.2) is 0 Å². The van der Waals surface area contributed by atoms with Crippen LogP contribution in [0, 0.1) is 0 Å². The summed E-state index contributed by atoms with van der Waals surface area (Å²) in [5.41, 5.74) is 1.73. The second-order valence-electron chi connectivity index (χ2n) is 6.19. The summed E-state index contributed by atoms with van der Waals surface area (Å²) in [6.45, 7) is 0.0661. The number of alkyl halides is 2. The minimum Gasteiger partial charge on any atom is -0.493 e. The van der Waals surface area contributed by atoms with Crippen molar-refractivity contribution < 1.29 is 27.8 Å². The topological polar surface area (TPSA) is 56.8 Å². The van der Waals surface area contributed by atoms with E-state index in [0.717, 1.165) is 5.56 Å². The summed E-state index contributed by atoms with van der Waals surface area (Å²) in [6, 6.07) is 14.4. The Bertz CT molecular complexity index is 797. The zero-order chi connectivity index (χ0) is 21.1. The van der Waals surface area contributed by atoms with Crippen LogP contribution >= 0.6 is 0 Å². The van der Waals surface area contributed by atoms with Crippen LogP contribution in [0.4, 0.5) is 8.78 Å². The molecule has 0 aromatic heterocycles. The molecule has 5 nitrogen and oxygen atoms in total. The van der Waals surface area contributed by atoms with Gasteiger partial charge in [-0.15, -0.1) is 0 Å². The number of hydrogen-bond acceptors (Lipinski definition) is 4. The Hall–Kier alpha value is -2.93. The highest BCUT2D eigenvalue weighted by atomic mass is 19.3. The van der Waals surface area contributed by atoms with E-state index < -0.39 is 6.61 Å². The number of amides is 1. The van der Waals surface area contributed by atoms with Crippen LogP contribution < -0.4 is 14.8 Å². The Morgan fingerprint density at radius 2 is 1.90 bits per heavy atom. The van der Waals surface area contributed by atoms with E-state index in [4.69, 9.17) is 9.47 Å². The maximum atomic E-state index is 12.3. The minimum atomic E-state index is -2.93. The standard InChI is InChI=1S/C22H25F2NO4/c1-16(18-7-4-3-5-8-18)28-14-6-13-25-21(26)12-10-17-9-11-19(29-22(23)24)20(15-17)27-2/h3-5,7-12,15-16,22H,6,13-14H2,1-2H3,(H,25,26)/b12-10+. The fraction of sp³-hybridized carbons (Fsp3) is 0.318. The highest BCUT2D eigenvalue weighted by Gasteiger charge is 2.10. The van der Waals surface area contributed by atoms with Gasteiger partial charge in [-0.1, -0.05) is 36.4 Å². The molecule has 2 aromatic rings. The second-order valence-corrected chi connectivity index (χ2v) is 6.19. The first-order chi connectivity index (χ1) is 14.0. The molecule has 2 rings (SSSR count). The summed E-state index contributed by atoms with van der Waals surface area (Å²) in [5.74, 6) is -0.153. The predicted octanol–water partition coefficient (Wildman–Crippen LogP) is 4.59. The lowest BCUT2D eigenvalue weighted by Gasteiger charge is -2.13. The van der Waals surface area contributed by atoms with Crippen LogP contribution in [0.1, 0.15) is 30.6 Å². The average Bonchev–Trinajstić information content (AvgIpc) is 2.72. The van der Waals surface area contributed by atoms with Gasteiger partial charge in [0.05, 0.1) is 13.2 Å². The molecule has 1 amide bonds. The fourth-order valence-corrected chi connectivity index (χ4v) is 2.58. The third-order valence-corrected chi connectivity index (χ3v) is 4.09. The summed E-state index contributed by atoms with van der Waals surface area (Å²) in [4.78, 5) is 11.9. The molecule has 7 heteroatoms. The van der Waals surface area contributed by atoms with Crippen LogP contribution in [-0.2, 0) is 9.53 Å². The van der Waals surface area contributed by atoms with Crippen molar-refractivity contribution in [2.75, 3.05) is 20.3 Å². The molecule has 0 saturated carbocycles. The van der Waals surface area contributed by atoms with Crippen LogP contribution in [0.25, 0.3) is 6.08 Å². The Morgan fingerprint density at radius 1 is 1.14 bits per heavy atom. The van der Waals surface area contributed by atoms with Gasteiger partial charge in [0.25, 0.3) is 0 Å². The SMILES string of the molecule is COc1cc(/C=C/C(=O)NCCCOC(C)c2ccccc2)ccc1OC(F)F. The van der Waals surface area contributed by atoms with Gasteiger partial charge in [0.15, 0.2) is 11.5 Å². The van der Waals surface area contributed by atoms with E-state index >= 15 is 0 Å². The second kappa shape index (κ2) is 11.8. The van der Waals surface area contributed by atoms with Gasteiger partial charge < -0.3 is 19.5 Å². The maximum absolute atomic E-state index is 12.3. The predicted molar refractivity (Wildman–Crippen MR) is 107 cm³/mol. The summed E-state index contributed by atoms with van der Waals surface area (Å²) in [6.07, 6.45) is 3.62. The zero-order valence-corrected chi connectivity index (χ0v) is 16.4. The minimum absolute atomic E-state index is 0.00111. The highest BCUT2D eigenvalue weighted by Crippen LogP contribution is 2.29. The molecule has 29 heavy (non-hydrogen) atoms. The molecule has 1 atom stereocenters. The van der Waals surface area contributed by atoms with E-state index in [1.807, 2.05) is 37.3 Å². The lowest BCUT2D eigenvalue weighted by Crippen LogP contribution is -2.23. The first-order valence-electron chi connectivity index (χ1n) is 9.25. The average molecular weight is 405 g/mol. The summed E-state index contributed by atoms with van der Waals surface area (Å²) < 4.78 is 39.8. The molecule has 0 heterocycles. The lowest BCUT2D eigenvalue weighted by atomic mass is 10.1. The van der Waals surface area contributed by atoms with E-state index in [-0.39, 0.29) is 23.5 Å². The van der Waals surface area contributed by atoms with Gasteiger partial charge in [-0.2, -0.15) is 8.78 Å². The highest BCUT2D eigenvalue weighted by molar-refractivity contribution is 5.91. The third-order valence-electron chi connectivity index (χ3n) is 4.09. The van der Waals surface area contributed by atoms with E-state index in [1.54, 1.807) is 12.1 Å². The molecule has 0 fully saturated rings. The number of carbonyl (C=O) groups excluding carboxylic acids is 1. The number of halogens is 2. The monoisotopic (exact) mass is 405 g/mol. The molecule has 0 aliphatic carbocycles. The molecule has 1 N–H and O–H groups in total. The molecule has 0 aliphatic heterocycles. The number of ether oxygens (including phenoxy) is 3. The van der Waals surface area contributed by atoms with Crippen LogP contribution in [0.5, 0.6) is 11.5 Å². The third kappa shape index (κ3) is 7.91. The Labute approximate surface area is 169 Å². The first-order valence-corrected chi connectivity index (χ1v) is 9.25. The lowest BCUT2D eigenvalue weighted by molar-refractivity contribution is -0.116. The number of benzene rings is 2. The van der Waals surface area contributed by atoms with Gasteiger partial charge in [0, 0.05) is 19.2 Å². The van der Waals surface area contributed by atoms with E-state index in [9.17, 15) is 13.6 Å². The molecule has 0 spiro atoms. The zero-order valence-electron chi connectivity index (χ0n) is 16.4. The van der Waals surface area contributed by atoms with Crippen LogP contribution in [0.2, 0.25) is 0 Å². The van der Waals surface area contributed by atoms with Crippen LogP contribution in [0.3, 0.4) is 0 Å². The number of hydrogen-bond donors (Lipinski definition) is 1. The Morgan fingerprint density at radius 3 is 2.59 bits per heavy atom. The molecule has 0 saturated heterocycles. The number of nitrogens with one attached hydrogen (secondary N) is 1. The molecule has 0 bridgehead atoms. The molecule has 2 aromatic carbocycles. The summed E-state index contributed by atoms with van der Waals surface area (Å²) in [5, 5.41) is 2.77. The molecule has 0 radical (unpaired) electrons. The van der Waals surface area contributed by atoms with Crippen LogP contribution in [0.15, 0.2) is 54.6 Å². The number of rotatable bonds is 11. The van der Waals surface area contributed by atoms with Gasteiger partial charge in [-0.05, 0) is 42.7 Å². The largest absolute Gasteiger partial charge is 0.493 e. The number of carbonyl (C=O) groups is 1. The van der Waals surface area contributed by atoms with Crippen molar-refractivity contribution in [2.45, 2.75) is 26.1 Å². The smallest absolute Gasteiger partial charge is 0.387 e. The van der Waals surface area contributed by atoms with E-state index in [1.165, 1.54) is 25.3 Å². The van der Waals surface area contributed by atoms with Gasteiger partial charge in [0.2, 0.25) is 5.91 Å². The van der Waals surface area contributed by atoms with E-state index in [2.05, 4.69) is 10.1 Å². The molecule has 156 valence electrons. The number of methoxy groups -OCH3 is 1. The molecule has 0 aliphatic rings. The van der Waals surface area contributed by atoms with Crippen LogP contribution in [-0.4, -0.2) is 32.8 Å².